The van der Waals surface area contributed by atoms with Crippen LogP contribution in [0.15, 0.2) is 29.2 Å². The van der Waals surface area contributed by atoms with Crippen molar-refractivity contribution in [2.24, 2.45) is 12.5 Å². The molecule has 1 saturated heterocycles. The van der Waals surface area contributed by atoms with Gasteiger partial charge in [0.1, 0.15) is 0 Å². The van der Waals surface area contributed by atoms with Crippen LogP contribution in [0.5, 0.6) is 0 Å². The summed E-state index contributed by atoms with van der Waals surface area (Å²) in [6.45, 7) is 3.81. The molecule has 2 fully saturated rings. The molecular weight excluding hydrogens is 362 g/mol. The van der Waals surface area contributed by atoms with Gasteiger partial charge in [-0.25, -0.2) is 4.79 Å². The van der Waals surface area contributed by atoms with Crippen molar-refractivity contribution in [2.75, 3.05) is 18.4 Å². The quantitative estimate of drug-likeness (QED) is 0.877. The average molecular weight is 388 g/mol. The molecule has 4 rings (SSSR count). The Hall–Kier alpha value is -2.35. The Balaban J connectivity index is 1.33. The number of hydrogen-bond acceptors (Lipinski definition) is 4. The Labute approximate surface area is 162 Å². The number of nitrogens with zero attached hydrogens (tertiary/aromatic N) is 4. The van der Waals surface area contributed by atoms with Crippen LogP contribution in [0.25, 0.3) is 0 Å². The van der Waals surface area contributed by atoms with E-state index in [1.807, 2.05) is 16.8 Å². The zero-order valence-corrected chi connectivity index (χ0v) is 16.5. The van der Waals surface area contributed by atoms with Crippen molar-refractivity contribution in [3.8, 4) is 0 Å². The standard InChI is InChI=1S/C19H25N5O2S/c1-14(25)24(11-15-3-8-27-13-15)17-9-19(17)4-6-23(7-5-19)18(26)21-16-10-20-22(2)12-16/h3,8,10,12-13,17H,4-7,9,11H2,1-2H3,(H,21,26)/t17-/m0/s1. The molecule has 1 aliphatic carbocycles. The fourth-order valence-corrected chi connectivity index (χ4v) is 4.83. The van der Waals surface area contributed by atoms with Crippen molar-refractivity contribution in [3.63, 3.8) is 0 Å². The third-order valence-corrected chi connectivity index (χ3v) is 6.59. The summed E-state index contributed by atoms with van der Waals surface area (Å²) >= 11 is 1.66. The van der Waals surface area contributed by atoms with Gasteiger partial charge in [0.25, 0.3) is 0 Å². The molecule has 2 aromatic rings. The molecular formula is C19H25N5O2S. The fourth-order valence-electron chi connectivity index (χ4n) is 4.17. The molecule has 1 atom stereocenters. The van der Waals surface area contributed by atoms with Gasteiger partial charge in [0.05, 0.1) is 11.9 Å². The summed E-state index contributed by atoms with van der Waals surface area (Å²) in [7, 11) is 1.82. The predicted molar refractivity (Wildman–Crippen MR) is 104 cm³/mol. The number of piperidine rings is 1. The van der Waals surface area contributed by atoms with Crippen LogP contribution >= 0.6 is 11.3 Å². The number of rotatable bonds is 4. The number of carbonyl (C=O) groups is 2. The highest BCUT2D eigenvalue weighted by Gasteiger charge is 2.58. The first-order valence-electron chi connectivity index (χ1n) is 9.30. The SMILES string of the molecule is CC(=O)N(Cc1ccsc1)[C@H]1CC12CCN(C(=O)Nc1cnn(C)c1)CC2. The summed E-state index contributed by atoms with van der Waals surface area (Å²) in [5.41, 5.74) is 2.10. The van der Waals surface area contributed by atoms with E-state index in [0.717, 1.165) is 32.4 Å². The second-order valence-electron chi connectivity index (χ2n) is 7.68. The Kier molecular flexibility index (Phi) is 4.67. The molecule has 1 aliphatic heterocycles. The molecule has 2 aromatic heterocycles. The summed E-state index contributed by atoms with van der Waals surface area (Å²) < 4.78 is 1.67. The highest BCUT2D eigenvalue weighted by Crippen LogP contribution is 2.57. The van der Waals surface area contributed by atoms with Crippen LogP contribution < -0.4 is 5.32 Å². The molecule has 1 N–H and O–H groups in total. The number of aromatic nitrogens is 2. The molecule has 1 saturated carbocycles. The van der Waals surface area contributed by atoms with Crippen molar-refractivity contribution < 1.29 is 9.59 Å². The Morgan fingerprint density at radius 2 is 2.19 bits per heavy atom. The molecule has 3 heterocycles. The van der Waals surface area contributed by atoms with Gasteiger partial charge < -0.3 is 15.1 Å². The van der Waals surface area contributed by atoms with Crippen LogP contribution in [0, 0.1) is 5.41 Å². The number of anilines is 1. The van der Waals surface area contributed by atoms with Crippen LogP contribution in [-0.2, 0) is 18.4 Å². The molecule has 0 radical (unpaired) electrons. The molecule has 0 aromatic carbocycles. The highest BCUT2D eigenvalue weighted by molar-refractivity contribution is 7.07. The fraction of sp³-hybridized carbons (Fsp3) is 0.526. The van der Waals surface area contributed by atoms with Gasteiger partial charge in [-0.1, -0.05) is 0 Å². The van der Waals surface area contributed by atoms with Crippen LogP contribution in [0.3, 0.4) is 0 Å². The summed E-state index contributed by atoms with van der Waals surface area (Å²) in [5, 5.41) is 11.1. The van der Waals surface area contributed by atoms with E-state index in [4.69, 9.17) is 0 Å². The number of thiophene rings is 1. The Bertz CT molecular complexity index is 823. The summed E-state index contributed by atoms with van der Waals surface area (Å²) in [6, 6.07) is 2.32. The van der Waals surface area contributed by atoms with Crippen LogP contribution in [-0.4, -0.2) is 50.6 Å². The van der Waals surface area contributed by atoms with Gasteiger partial charge in [0, 0.05) is 45.8 Å². The number of carbonyl (C=O) groups excluding carboxylic acids is 2. The normalized spacial score (nSPS) is 20.5. The van der Waals surface area contributed by atoms with E-state index in [2.05, 4.69) is 27.2 Å². The molecule has 8 heteroatoms. The lowest BCUT2D eigenvalue weighted by atomic mass is 9.92. The largest absolute Gasteiger partial charge is 0.335 e. The Morgan fingerprint density at radius 3 is 2.78 bits per heavy atom. The van der Waals surface area contributed by atoms with E-state index < -0.39 is 0 Å². The highest BCUT2D eigenvalue weighted by atomic mass is 32.1. The van der Waals surface area contributed by atoms with Gasteiger partial charge in [-0.15, -0.1) is 0 Å². The number of likely N-dealkylation sites (tertiary alicyclic amines) is 1. The number of aryl methyl sites for hydroxylation is 1. The average Bonchev–Trinajstić information content (AvgIpc) is 3.00. The van der Waals surface area contributed by atoms with Crippen molar-refractivity contribution >= 4 is 29.0 Å². The van der Waals surface area contributed by atoms with Gasteiger partial charge in [-0.3, -0.25) is 9.48 Å². The lowest BCUT2D eigenvalue weighted by molar-refractivity contribution is -0.130. The van der Waals surface area contributed by atoms with E-state index in [1.54, 1.807) is 35.3 Å². The van der Waals surface area contributed by atoms with E-state index in [9.17, 15) is 9.59 Å². The number of amides is 3. The third-order valence-electron chi connectivity index (χ3n) is 5.86. The zero-order chi connectivity index (χ0) is 19.0. The van der Waals surface area contributed by atoms with E-state index >= 15 is 0 Å². The van der Waals surface area contributed by atoms with Crippen molar-refractivity contribution in [3.05, 3.63) is 34.8 Å². The van der Waals surface area contributed by atoms with Crippen LogP contribution in [0.4, 0.5) is 10.5 Å². The molecule has 3 amide bonds. The minimum absolute atomic E-state index is 0.0725. The minimum atomic E-state index is -0.0725. The molecule has 27 heavy (non-hydrogen) atoms. The molecule has 0 unspecified atom stereocenters. The van der Waals surface area contributed by atoms with Gasteiger partial charge >= 0.3 is 6.03 Å². The molecule has 7 nitrogen and oxygen atoms in total. The van der Waals surface area contributed by atoms with Gasteiger partial charge in [-0.2, -0.15) is 16.4 Å². The number of nitrogens with one attached hydrogen (secondary N) is 1. The maximum Gasteiger partial charge on any atom is 0.321 e. The smallest absolute Gasteiger partial charge is 0.321 e. The summed E-state index contributed by atoms with van der Waals surface area (Å²) in [5.74, 6) is 0.139. The van der Waals surface area contributed by atoms with E-state index in [-0.39, 0.29) is 17.4 Å². The minimum Gasteiger partial charge on any atom is -0.335 e. The molecule has 144 valence electrons. The Morgan fingerprint density at radius 1 is 1.41 bits per heavy atom. The maximum atomic E-state index is 12.5. The lowest BCUT2D eigenvalue weighted by Gasteiger charge is -2.34. The first-order chi connectivity index (χ1) is 13.0. The van der Waals surface area contributed by atoms with Crippen molar-refractivity contribution in [2.45, 2.75) is 38.8 Å². The third kappa shape index (κ3) is 3.71. The molecule has 2 aliphatic rings. The van der Waals surface area contributed by atoms with E-state index in [1.165, 1.54) is 5.56 Å². The van der Waals surface area contributed by atoms with Crippen LogP contribution in [0.1, 0.15) is 31.7 Å². The first kappa shape index (κ1) is 18.0. The summed E-state index contributed by atoms with van der Waals surface area (Å²) in [6.07, 6.45) is 6.39. The topological polar surface area (TPSA) is 70.5 Å². The zero-order valence-electron chi connectivity index (χ0n) is 15.7. The monoisotopic (exact) mass is 387 g/mol. The van der Waals surface area contributed by atoms with Crippen molar-refractivity contribution in [1.29, 1.82) is 0 Å². The maximum absolute atomic E-state index is 12.5. The number of urea groups is 1. The lowest BCUT2D eigenvalue weighted by Crippen LogP contribution is -2.44. The second kappa shape index (κ2) is 6.99. The number of hydrogen-bond donors (Lipinski definition) is 1. The van der Waals surface area contributed by atoms with Gasteiger partial charge in [0.15, 0.2) is 0 Å². The van der Waals surface area contributed by atoms with Gasteiger partial charge in [-0.05, 0) is 47.1 Å². The van der Waals surface area contributed by atoms with Crippen molar-refractivity contribution in [1.82, 2.24) is 19.6 Å². The van der Waals surface area contributed by atoms with Crippen LogP contribution in [0.2, 0.25) is 0 Å². The van der Waals surface area contributed by atoms with E-state index in [0.29, 0.717) is 18.3 Å². The van der Waals surface area contributed by atoms with Gasteiger partial charge in [0.2, 0.25) is 5.91 Å². The second-order valence-corrected chi connectivity index (χ2v) is 8.46. The molecule has 0 bridgehead atoms. The first-order valence-corrected chi connectivity index (χ1v) is 10.2. The summed E-state index contributed by atoms with van der Waals surface area (Å²) in [4.78, 5) is 28.5. The predicted octanol–water partition coefficient (Wildman–Crippen LogP) is 2.92. The molecule has 1 spiro atoms.